The summed E-state index contributed by atoms with van der Waals surface area (Å²) >= 11 is 0. The third kappa shape index (κ3) is 6.23. The van der Waals surface area contributed by atoms with Crippen LogP contribution in [0.2, 0.25) is 0 Å². The predicted octanol–water partition coefficient (Wildman–Crippen LogP) is 15.6. The monoisotopic (exact) mass is 803 g/mol. The van der Waals surface area contributed by atoms with Gasteiger partial charge in [0.05, 0.1) is 0 Å². The summed E-state index contributed by atoms with van der Waals surface area (Å²) < 4.78 is 0. The second kappa shape index (κ2) is 14.6. The molecule has 10 aromatic carbocycles. The highest BCUT2D eigenvalue weighted by molar-refractivity contribution is 6.20. The van der Waals surface area contributed by atoms with Crippen LogP contribution in [0.15, 0.2) is 212 Å². The zero-order chi connectivity index (χ0) is 42.1. The second-order valence-corrected chi connectivity index (χ2v) is 17.2. The Labute approximate surface area is 367 Å². The second-order valence-electron chi connectivity index (χ2n) is 17.2. The number of aromatic nitrogens is 3. The van der Waals surface area contributed by atoms with Crippen LogP contribution in [0.25, 0.3) is 111 Å². The number of hydrogen-bond acceptors (Lipinski definition) is 3. The Kier molecular flexibility index (Phi) is 8.52. The van der Waals surface area contributed by atoms with E-state index in [0.29, 0.717) is 17.5 Å². The van der Waals surface area contributed by atoms with E-state index in [1.165, 1.54) is 65.7 Å². The molecule has 1 aliphatic rings. The quantitative estimate of drug-likeness (QED) is 0.124. The summed E-state index contributed by atoms with van der Waals surface area (Å²) in [5.74, 6) is 1.89. The van der Waals surface area contributed by atoms with Crippen molar-refractivity contribution in [3.8, 4) is 78.7 Å². The van der Waals surface area contributed by atoms with Crippen LogP contribution >= 0.6 is 0 Å². The Balaban J connectivity index is 0.985. The molecule has 0 amide bonds. The molecule has 12 rings (SSSR count). The summed E-state index contributed by atoms with van der Waals surface area (Å²) in [5.41, 5.74) is 15.0. The van der Waals surface area contributed by atoms with Gasteiger partial charge in [-0.05, 0) is 112 Å². The minimum absolute atomic E-state index is 0.0868. The van der Waals surface area contributed by atoms with Gasteiger partial charge in [0.25, 0.3) is 0 Å². The standard InChI is InChI=1S/C60H41N3/c1-60(2)54-25-11-10-24-50(54)51-32-31-44(37-55(51)60)43-19-13-21-47(35-43)59-62-57(61-58(63-59)46-20-12-18-42(34-46)38-14-4-3-5-15-38)41-28-26-40(27-29-41)56-49-23-9-7-17-45(49)36-53-48-22-8-6-16-39(48)30-33-52(53)56/h3-37H,1-2H3. The summed E-state index contributed by atoms with van der Waals surface area (Å²) in [6, 6.07) is 76.3. The topological polar surface area (TPSA) is 38.7 Å². The lowest BCUT2D eigenvalue weighted by Crippen LogP contribution is -2.14. The highest BCUT2D eigenvalue weighted by Crippen LogP contribution is 2.49. The lowest BCUT2D eigenvalue weighted by molar-refractivity contribution is 0.660. The van der Waals surface area contributed by atoms with Crippen molar-refractivity contribution < 1.29 is 0 Å². The number of fused-ring (bicyclic) bond motifs is 7. The molecule has 0 spiro atoms. The first-order valence-electron chi connectivity index (χ1n) is 21.7. The normalized spacial score (nSPS) is 12.7. The minimum atomic E-state index is -0.0868. The van der Waals surface area contributed by atoms with Crippen LogP contribution < -0.4 is 0 Å². The zero-order valence-corrected chi connectivity index (χ0v) is 35.0. The molecule has 3 heteroatoms. The SMILES string of the molecule is CC1(C)c2ccccc2-c2ccc(-c3cccc(-c4nc(-c5ccc(-c6c7ccccc7cc7c6ccc6ccccc67)cc5)nc(-c5cccc(-c6ccccc6)c5)n4)c3)cc21. The number of benzene rings is 10. The van der Waals surface area contributed by atoms with Crippen molar-refractivity contribution in [2.75, 3.05) is 0 Å². The molecular formula is C60H41N3. The fraction of sp³-hybridized carbons (Fsp3) is 0.0500. The molecule has 296 valence electrons. The van der Waals surface area contributed by atoms with E-state index >= 15 is 0 Å². The van der Waals surface area contributed by atoms with Crippen molar-refractivity contribution in [3.05, 3.63) is 223 Å². The summed E-state index contributed by atoms with van der Waals surface area (Å²) in [5, 5.41) is 7.44. The van der Waals surface area contributed by atoms with Crippen molar-refractivity contribution in [2.45, 2.75) is 19.3 Å². The van der Waals surface area contributed by atoms with E-state index in [1.54, 1.807) is 0 Å². The van der Waals surface area contributed by atoms with Crippen LogP contribution in [0, 0.1) is 0 Å². The van der Waals surface area contributed by atoms with E-state index in [4.69, 9.17) is 15.0 Å². The van der Waals surface area contributed by atoms with Gasteiger partial charge in [-0.15, -0.1) is 0 Å². The first kappa shape index (κ1) is 36.8. The van der Waals surface area contributed by atoms with E-state index in [9.17, 15) is 0 Å². The van der Waals surface area contributed by atoms with Gasteiger partial charge in [-0.3, -0.25) is 0 Å². The molecule has 0 N–H and O–H groups in total. The molecule has 0 aliphatic heterocycles. The number of rotatable bonds is 6. The van der Waals surface area contributed by atoms with Crippen LogP contribution in [0.3, 0.4) is 0 Å². The molecule has 1 aliphatic carbocycles. The van der Waals surface area contributed by atoms with Gasteiger partial charge in [-0.2, -0.15) is 0 Å². The molecule has 0 fully saturated rings. The average molecular weight is 804 g/mol. The van der Waals surface area contributed by atoms with Crippen LogP contribution in [-0.2, 0) is 5.41 Å². The molecule has 0 radical (unpaired) electrons. The Bertz CT molecular complexity index is 3590. The Hall–Kier alpha value is -8.01. The molecule has 0 bridgehead atoms. The summed E-state index contributed by atoms with van der Waals surface area (Å²) in [4.78, 5) is 15.7. The van der Waals surface area contributed by atoms with Crippen LogP contribution in [0.1, 0.15) is 25.0 Å². The average Bonchev–Trinajstić information content (AvgIpc) is 3.58. The van der Waals surface area contributed by atoms with Crippen molar-refractivity contribution in [3.63, 3.8) is 0 Å². The third-order valence-corrected chi connectivity index (χ3v) is 13.1. The summed E-state index contributed by atoms with van der Waals surface area (Å²) in [6.07, 6.45) is 0. The van der Waals surface area contributed by atoms with Gasteiger partial charge in [0.2, 0.25) is 0 Å². The van der Waals surface area contributed by atoms with E-state index in [-0.39, 0.29) is 5.41 Å². The van der Waals surface area contributed by atoms with Crippen molar-refractivity contribution in [2.24, 2.45) is 0 Å². The fourth-order valence-corrected chi connectivity index (χ4v) is 9.87. The highest BCUT2D eigenvalue weighted by atomic mass is 15.0. The van der Waals surface area contributed by atoms with Gasteiger partial charge in [0, 0.05) is 22.1 Å². The predicted molar refractivity (Wildman–Crippen MR) is 263 cm³/mol. The molecule has 3 nitrogen and oxygen atoms in total. The fourth-order valence-electron chi connectivity index (χ4n) is 9.87. The van der Waals surface area contributed by atoms with E-state index < -0.39 is 0 Å². The molecule has 1 aromatic heterocycles. The Morgan fingerprint density at radius 1 is 0.286 bits per heavy atom. The van der Waals surface area contributed by atoms with Crippen molar-refractivity contribution in [1.29, 1.82) is 0 Å². The van der Waals surface area contributed by atoms with Gasteiger partial charge >= 0.3 is 0 Å². The minimum Gasteiger partial charge on any atom is -0.208 e. The maximum Gasteiger partial charge on any atom is 0.164 e. The smallest absolute Gasteiger partial charge is 0.164 e. The lowest BCUT2D eigenvalue weighted by Gasteiger charge is -2.22. The van der Waals surface area contributed by atoms with E-state index in [0.717, 1.165) is 38.9 Å². The van der Waals surface area contributed by atoms with Crippen LogP contribution in [0.4, 0.5) is 0 Å². The molecule has 11 aromatic rings. The van der Waals surface area contributed by atoms with Gasteiger partial charge in [-0.25, -0.2) is 15.0 Å². The van der Waals surface area contributed by atoms with Gasteiger partial charge < -0.3 is 0 Å². The van der Waals surface area contributed by atoms with Gasteiger partial charge in [-0.1, -0.05) is 202 Å². The van der Waals surface area contributed by atoms with Gasteiger partial charge in [0.1, 0.15) is 0 Å². The molecular weight excluding hydrogens is 763 g/mol. The first-order chi connectivity index (χ1) is 31.0. The molecule has 0 saturated heterocycles. The molecule has 0 saturated carbocycles. The summed E-state index contributed by atoms with van der Waals surface area (Å²) in [6.45, 7) is 4.66. The Morgan fingerprint density at radius 2 is 0.810 bits per heavy atom. The lowest BCUT2D eigenvalue weighted by atomic mass is 9.81. The van der Waals surface area contributed by atoms with Gasteiger partial charge in [0.15, 0.2) is 17.5 Å². The summed E-state index contributed by atoms with van der Waals surface area (Å²) in [7, 11) is 0. The number of nitrogens with zero attached hydrogens (tertiary/aromatic N) is 3. The van der Waals surface area contributed by atoms with Crippen molar-refractivity contribution in [1.82, 2.24) is 15.0 Å². The molecule has 0 unspecified atom stereocenters. The van der Waals surface area contributed by atoms with Crippen LogP contribution in [0.5, 0.6) is 0 Å². The molecule has 1 heterocycles. The molecule has 63 heavy (non-hydrogen) atoms. The highest BCUT2D eigenvalue weighted by Gasteiger charge is 2.35. The molecule has 0 atom stereocenters. The van der Waals surface area contributed by atoms with Crippen molar-refractivity contribution >= 4 is 32.3 Å². The first-order valence-corrected chi connectivity index (χ1v) is 21.7. The van der Waals surface area contributed by atoms with E-state index in [2.05, 4.69) is 220 Å². The Morgan fingerprint density at radius 3 is 1.56 bits per heavy atom. The van der Waals surface area contributed by atoms with E-state index in [1.807, 2.05) is 6.07 Å². The third-order valence-electron chi connectivity index (χ3n) is 13.1. The zero-order valence-electron chi connectivity index (χ0n) is 35.0. The van der Waals surface area contributed by atoms with Crippen LogP contribution in [-0.4, -0.2) is 15.0 Å². The maximum absolute atomic E-state index is 5.24. The maximum atomic E-state index is 5.24. The number of hydrogen-bond donors (Lipinski definition) is 0. The largest absolute Gasteiger partial charge is 0.208 e.